The van der Waals surface area contributed by atoms with E-state index in [2.05, 4.69) is 9.80 Å². The van der Waals surface area contributed by atoms with Crippen molar-refractivity contribution in [2.75, 3.05) is 32.7 Å². The van der Waals surface area contributed by atoms with Gasteiger partial charge in [-0.15, -0.1) is 0 Å². The zero-order chi connectivity index (χ0) is 19.3. The number of primary amides is 1. The summed E-state index contributed by atoms with van der Waals surface area (Å²) in [6, 6.07) is 5.72. The molecule has 0 atom stereocenters. The number of benzene rings is 1. The van der Waals surface area contributed by atoms with Crippen LogP contribution in [0.5, 0.6) is 0 Å². The van der Waals surface area contributed by atoms with E-state index in [1.165, 1.54) is 18.6 Å². The fourth-order valence-corrected chi connectivity index (χ4v) is 4.43. The number of rotatable bonds is 7. The second-order valence-corrected chi connectivity index (χ2v) is 7.82. The van der Waals surface area contributed by atoms with Crippen LogP contribution in [0.4, 0.5) is 4.39 Å². The van der Waals surface area contributed by atoms with Crippen molar-refractivity contribution in [2.24, 2.45) is 5.73 Å². The molecule has 2 heterocycles. The van der Waals surface area contributed by atoms with Crippen LogP contribution in [0, 0.1) is 5.82 Å². The molecule has 0 saturated carbocycles. The second kappa shape index (κ2) is 11.3. The van der Waals surface area contributed by atoms with Crippen molar-refractivity contribution in [1.82, 2.24) is 9.80 Å². The fourth-order valence-electron chi connectivity index (χ4n) is 4.43. The van der Waals surface area contributed by atoms with Crippen LogP contribution in [0.15, 0.2) is 24.3 Å². The fraction of sp³-hybridized carbons (Fsp3) is 0.619. The van der Waals surface area contributed by atoms with Crippen molar-refractivity contribution in [2.45, 2.75) is 50.5 Å². The zero-order valence-electron chi connectivity index (χ0n) is 16.0. The third-order valence-electron chi connectivity index (χ3n) is 6.15. The molecule has 2 aliphatic rings. The van der Waals surface area contributed by atoms with Gasteiger partial charge in [0.2, 0.25) is 5.91 Å². The number of piperidine rings is 2. The van der Waals surface area contributed by atoms with Gasteiger partial charge in [0, 0.05) is 25.1 Å². The molecule has 2 saturated heterocycles. The van der Waals surface area contributed by atoms with Crippen LogP contribution in [0.1, 0.15) is 55.3 Å². The molecule has 2 fully saturated rings. The average molecular weight is 416 g/mol. The summed E-state index contributed by atoms with van der Waals surface area (Å²) in [4.78, 5) is 29.1. The van der Waals surface area contributed by atoms with E-state index in [0.717, 1.165) is 64.8 Å². The van der Waals surface area contributed by atoms with E-state index in [1.807, 2.05) is 0 Å². The summed E-state index contributed by atoms with van der Waals surface area (Å²) in [6.45, 7) is 4.44. The Hall–Kier alpha value is -0.154. The van der Waals surface area contributed by atoms with Crippen LogP contribution in [-0.4, -0.2) is 111 Å². The van der Waals surface area contributed by atoms with Crippen molar-refractivity contribution in [3.63, 3.8) is 0 Å². The first-order valence-corrected chi connectivity index (χ1v) is 10.1. The summed E-state index contributed by atoms with van der Waals surface area (Å²) in [5, 5.41) is 0. The summed E-state index contributed by atoms with van der Waals surface area (Å²) in [5.41, 5.74) is 5.90. The SMILES string of the molecule is NC(=O)C1(N2CCCCC2)CCN(CCCC(=O)c2ccc(F)cc2)CC1.[KH]. The number of hydrogen-bond donors (Lipinski definition) is 1. The van der Waals surface area contributed by atoms with Crippen LogP contribution in [0.2, 0.25) is 0 Å². The predicted molar refractivity (Wildman–Crippen MR) is 110 cm³/mol. The Morgan fingerprint density at radius 3 is 2.18 bits per heavy atom. The van der Waals surface area contributed by atoms with Crippen LogP contribution in [-0.2, 0) is 4.79 Å². The van der Waals surface area contributed by atoms with Gasteiger partial charge in [0.25, 0.3) is 0 Å². The molecule has 7 heteroatoms. The summed E-state index contributed by atoms with van der Waals surface area (Å²) in [5.74, 6) is -0.464. The van der Waals surface area contributed by atoms with Crippen molar-refractivity contribution in [3.8, 4) is 0 Å². The number of halogens is 1. The monoisotopic (exact) mass is 415 g/mol. The molecular formula is C21H31FKN3O2. The molecule has 0 spiro atoms. The second-order valence-electron chi connectivity index (χ2n) is 7.82. The van der Waals surface area contributed by atoms with Gasteiger partial charge in [-0.3, -0.25) is 14.5 Å². The van der Waals surface area contributed by atoms with Gasteiger partial charge in [-0.25, -0.2) is 4.39 Å². The Morgan fingerprint density at radius 2 is 1.61 bits per heavy atom. The Labute approximate surface area is 209 Å². The number of likely N-dealkylation sites (tertiary alicyclic amines) is 2. The maximum absolute atomic E-state index is 12.9. The van der Waals surface area contributed by atoms with Gasteiger partial charge in [-0.2, -0.15) is 0 Å². The van der Waals surface area contributed by atoms with Gasteiger partial charge in [0.1, 0.15) is 11.4 Å². The molecular weight excluding hydrogens is 384 g/mol. The molecule has 0 unspecified atom stereocenters. The molecule has 0 aliphatic carbocycles. The molecule has 2 N–H and O–H groups in total. The molecule has 1 aromatic carbocycles. The summed E-state index contributed by atoms with van der Waals surface area (Å²) in [6.07, 6.45) is 6.29. The van der Waals surface area contributed by atoms with Gasteiger partial charge in [0.05, 0.1) is 0 Å². The minimum atomic E-state index is -0.485. The Morgan fingerprint density at radius 1 is 1.00 bits per heavy atom. The molecule has 1 aromatic rings. The van der Waals surface area contributed by atoms with Gasteiger partial charge in [-0.1, -0.05) is 6.42 Å². The number of nitrogens with zero attached hydrogens (tertiary/aromatic N) is 2. The summed E-state index contributed by atoms with van der Waals surface area (Å²) in [7, 11) is 0. The molecule has 150 valence electrons. The van der Waals surface area contributed by atoms with E-state index < -0.39 is 5.54 Å². The van der Waals surface area contributed by atoms with E-state index in [4.69, 9.17) is 5.73 Å². The molecule has 5 nitrogen and oxygen atoms in total. The van der Waals surface area contributed by atoms with E-state index in [1.54, 1.807) is 12.1 Å². The van der Waals surface area contributed by atoms with Crippen molar-refractivity contribution < 1.29 is 14.0 Å². The number of carbonyl (C=O) groups is 2. The summed E-state index contributed by atoms with van der Waals surface area (Å²) >= 11 is 0. The Balaban J connectivity index is 0.00000280. The standard InChI is InChI=1S/C21H30FN3O2.K.H/c22-18-8-6-17(7-9-18)19(26)5-4-12-24-15-10-21(11-16-24,20(23)27)25-13-2-1-3-14-25;;/h6-9H,1-5,10-16H2,(H2,23,27);;. The number of carbonyl (C=O) groups excluding carboxylic acids is 2. The molecule has 3 rings (SSSR count). The Bertz CT molecular complexity index is 654. The van der Waals surface area contributed by atoms with Crippen molar-refractivity contribution in [1.29, 1.82) is 0 Å². The molecule has 0 aromatic heterocycles. The van der Waals surface area contributed by atoms with E-state index in [-0.39, 0.29) is 68.9 Å². The average Bonchev–Trinajstić information content (AvgIpc) is 2.69. The molecule has 1 amide bonds. The third-order valence-corrected chi connectivity index (χ3v) is 6.15. The number of amides is 1. The quantitative estimate of drug-likeness (QED) is 0.546. The molecule has 2 aliphatic heterocycles. The van der Waals surface area contributed by atoms with E-state index in [9.17, 15) is 14.0 Å². The zero-order valence-corrected chi connectivity index (χ0v) is 16.0. The van der Waals surface area contributed by atoms with E-state index in [0.29, 0.717) is 12.0 Å². The van der Waals surface area contributed by atoms with Gasteiger partial charge >= 0.3 is 51.4 Å². The molecule has 0 radical (unpaired) electrons. The van der Waals surface area contributed by atoms with Crippen LogP contribution in [0.3, 0.4) is 0 Å². The molecule has 0 bridgehead atoms. The van der Waals surface area contributed by atoms with Crippen molar-refractivity contribution in [3.05, 3.63) is 35.6 Å². The van der Waals surface area contributed by atoms with E-state index >= 15 is 0 Å². The number of nitrogens with two attached hydrogens (primary N) is 1. The van der Waals surface area contributed by atoms with Crippen LogP contribution < -0.4 is 5.73 Å². The normalized spacial score (nSPS) is 20.3. The predicted octanol–water partition coefficient (Wildman–Crippen LogP) is 1.95. The first-order chi connectivity index (χ1) is 13.0. The van der Waals surface area contributed by atoms with Crippen molar-refractivity contribution >= 4 is 63.1 Å². The van der Waals surface area contributed by atoms with Crippen LogP contribution >= 0.6 is 0 Å². The van der Waals surface area contributed by atoms with Gasteiger partial charge in [0.15, 0.2) is 5.78 Å². The summed E-state index contributed by atoms with van der Waals surface area (Å²) < 4.78 is 12.9. The number of Topliss-reactive ketones (excluding diaryl/α,β-unsaturated/α-hetero) is 1. The minimum absolute atomic E-state index is 0. The van der Waals surface area contributed by atoms with Gasteiger partial charge < -0.3 is 10.6 Å². The maximum atomic E-state index is 12.9. The van der Waals surface area contributed by atoms with Crippen LogP contribution in [0.25, 0.3) is 0 Å². The van der Waals surface area contributed by atoms with Gasteiger partial charge in [-0.05, 0) is 76.0 Å². The topological polar surface area (TPSA) is 66.6 Å². The molecule has 28 heavy (non-hydrogen) atoms. The number of ketones is 1. The first kappa shape index (κ1) is 24.1. The first-order valence-electron chi connectivity index (χ1n) is 10.1. The number of hydrogen-bond acceptors (Lipinski definition) is 4. The Kier molecular flexibility index (Phi) is 9.73. The third kappa shape index (κ3) is 5.94.